The predicted octanol–water partition coefficient (Wildman–Crippen LogP) is -3.97. The van der Waals surface area contributed by atoms with E-state index in [-0.39, 0.29) is 36.0 Å². The Morgan fingerprint density at radius 1 is 1.50 bits per heavy atom. The molecule has 0 aliphatic heterocycles. The first-order valence-electron chi connectivity index (χ1n) is 2.63. The van der Waals surface area contributed by atoms with Crippen molar-refractivity contribution in [2.45, 2.75) is 6.42 Å². The van der Waals surface area contributed by atoms with Gasteiger partial charge in [0.2, 0.25) is 10.4 Å². The molecule has 0 atom stereocenters. The van der Waals surface area contributed by atoms with Crippen LogP contribution in [0.25, 0.3) is 0 Å². The zero-order chi connectivity index (χ0) is 8.91. The van der Waals surface area contributed by atoms with E-state index in [0.717, 1.165) is 7.11 Å². The molecular weight excluding hydrogens is 199 g/mol. The van der Waals surface area contributed by atoms with Gasteiger partial charge in [-0.1, -0.05) is 0 Å². The number of hydrogen-bond acceptors (Lipinski definition) is 6. The Morgan fingerprint density at radius 3 is 2.33 bits per heavy atom. The first-order chi connectivity index (χ1) is 4.95. The SMILES string of the molecule is COC(=O)CCOS(=O)(=O)[O-].[Na+]. The van der Waals surface area contributed by atoms with Crippen molar-refractivity contribution in [3.8, 4) is 0 Å². The summed E-state index contributed by atoms with van der Waals surface area (Å²) in [5.74, 6) is -0.631. The van der Waals surface area contributed by atoms with Crippen LogP contribution in [0.1, 0.15) is 6.42 Å². The van der Waals surface area contributed by atoms with E-state index in [4.69, 9.17) is 0 Å². The third kappa shape index (κ3) is 10.3. The maximum atomic E-state index is 10.3. The smallest absolute Gasteiger partial charge is 0.726 e. The molecular formula is C4H7NaO6S. The Bertz CT molecular complexity index is 222. The van der Waals surface area contributed by atoms with Gasteiger partial charge < -0.3 is 9.29 Å². The average molecular weight is 206 g/mol. The zero-order valence-electron chi connectivity index (χ0n) is 6.77. The molecule has 0 bridgehead atoms. The summed E-state index contributed by atoms with van der Waals surface area (Å²) in [6.07, 6.45) is -0.252. The van der Waals surface area contributed by atoms with Crippen LogP contribution in [0, 0.1) is 0 Å². The summed E-state index contributed by atoms with van der Waals surface area (Å²) >= 11 is 0. The van der Waals surface area contributed by atoms with Crippen molar-refractivity contribution >= 4 is 16.4 Å². The molecule has 0 N–H and O–H groups in total. The molecule has 0 aliphatic carbocycles. The molecule has 0 aromatic heterocycles. The van der Waals surface area contributed by atoms with Crippen LogP contribution in [0.15, 0.2) is 0 Å². The fourth-order valence-electron chi connectivity index (χ4n) is 0.329. The summed E-state index contributed by atoms with van der Waals surface area (Å²) < 4.78 is 37.2. The third-order valence-corrected chi connectivity index (χ3v) is 1.22. The first-order valence-corrected chi connectivity index (χ1v) is 3.96. The van der Waals surface area contributed by atoms with Gasteiger partial charge in [0, 0.05) is 0 Å². The first kappa shape index (κ1) is 14.8. The molecule has 0 rings (SSSR count). The molecule has 0 aromatic rings. The van der Waals surface area contributed by atoms with Crippen molar-refractivity contribution in [1.29, 1.82) is 0 Å². The number of rotatable bonds is 4. The minimum atomic E-state index is -4.69. The number of esters is 1. The van der Waals surface area contributed by atoms with Gasteiger partial charge in [-0.25, -0.2) is 8.42 Å². The topological polar surface area (TPSA) is 92.7 Å². The number of carbonyl (C=O) groups is 1. The van der Waals surface area contributed by atoms with E-state index in [1.165, 1.54) is 0 Å². The van der Waals surface area contributed by atoms with Gasteiger partial charge in [-0.2, -0.15) is 0 Å². The van der Waals surface area contributed by atoms with Crippen molar-refractivity contribution in [3.05, 3.63) is 0 Å². The van der Waals surface area contributed by atoms with Crippen molar-refractivity contribution in [3.63, 3.8) is 0 Å². The van der Waals surface area contributed by atoms with Gasteiger partial charge in [0.25, 0.3) is 0 Å². The zero-order valence-corrected chi connectivity index (χ0v) is 9.59. The Balaban J connectivity index is 0. The second-order valence-electron chi connectivity index (χ2n) is 1.56. The summed E-state index contributed by atoms with van der Waals surface area (Å²) in [7, 11) is -3.54. The molecule has 0 heterocycles. The molecule has 8 heteroatoms. The Kier molecular flexibility index (Phi) is 8.43. The van der Waals surface area contributed by atoms with E-state index < -0.39 is 23.0 Å². The molecule has 0 aromatic carbocycles. The molecule has 0 aliphatic rings. The van der Waals surface area contributed by atoms with E-state index in [0.29, 0.717) is 0 Å². The van der Waals surface area contributed by atoms with Gasteiger partial charge in [0.1, 0.15) is 0 Å². The van der Waals surface area contributed by atoms with Crippen LogP contribution < -0.4 is 29.6 Å². The van der Waals surface area contributed by atoms with Crippen LogP contribution in [0.3, 0.4) is 0 Å². The monoisotopic (exact) mass is 206 g/mol. The largest absolute Gasteiger partial charge is 1.00 e. The van der Waals surface area contributed by atoms with E-state index in [2.05, 4.69) is 8.92 Å². The van der Waals surface area contributed by atoms with Crippen molar-refractivity contribution in [1.82, 2.24) is 0 Å². The van der Waals surface area contributed by atoms with Crippen LogP contribution in [0.2, 0.25) is 0 Å². The maximum Gasteiger partial charge on any atom is 1.00 e. The fourth-order valence-corrected chi connectivity index (χ4v) is 0.617. The second kappa shape index (κ2) is 6.81. The van der Waals surface area contributed by atoms with Gasteiger partial charge in [-0.15, -0.1) is 0 Å². The number of ether oxygens (including phenoxy) is 1. The summed E-state index contributed by atoms with van der Waals surface area (Å²) in [5.41, 5.74) is 0. The Labute approximate surface area is 92.5 Å². The van der Waals surface area contributed by atoms with E-state index in [1.54, 1.807) is 0 Å². The fraction of sp³-hybridized carbons (Fsp3) is 0.750. The molecule has 6 nitrogen and oxygen atoms in total. The van der Waals surface area contributed by atoms with E-state index >= 15 is 0 Å². The van der Waals surface area contributed by atoms with Crippen LogP contribution >= 0.6 is 0 Å². The normalized spacial score (nSPS) is 10.2. The molecule has 0 saturated carbocycles. The molecule has 0 amide bonds. The van der Waals surface area contributed by atoms with Crippen LogP contribution in [-0.4, -0.2) is 32.7 Å². The van der Waals surface area contributed by atoms with Gasteiger partial charge >= 0.3 is 35.5 Å². The summed E-state index contributed by atoms with van der Waals surface area (Å²) in [5, 5.41) is 0. The molecule has 12 heavy (non-hydrogen) atoms. The molecule has 66 valence electrons. The molecule has 0 fully saturated rings. The summed E-state index contributed by atoms with van der Waals surface area (Å²) in [6, 6.07) is 0. The summed E-state index contributed by atoms with van der Waals surface area (Å²) in [4.78, 5) is 10.3. The molecule has 0 saturated heterocycles. The van der Waals surface area contributed by atoms with Crippen molar-refractivity contribution in [2.24, 2.45) is 0 Å². The quantitative estimate of drug-likeness (QED) is 0.201. The van der Waals surface area contributed by atoms with Gasteiger partial charge in [0.15, 0.2) is 0 Å². The third-order valence-electron chi connectivity index (χ3n) is 0.762. The van der Waals surface area contributed by atoms with Gasteiger partial charge in [0.05, 0.1) is 20.1 Å². The number of hydrogen-bond donors (Lipinski definition) is 0. The molecule has 0 spiro atoms. The van der Waals surface area contributed by atoms with Crippen molar-refractivity contribution in [2.75, 3.05) is 13.7 Å². The van der Waals surface area contributed by atoms with Gasteiger partial charge in [-0.3, -0.25) is 8.98 Å². The van der Waals surface area contributed by atoms with Gasteiger partial charge in [-0.05, 0) is 0 Å². The second-order valence-corrected chi connectivity index (χ2v) is 2.61. The Morgan fingerprint density at radius 2 is 2.00 bits per heavy atom. The minimum Gasteiger partial charge on any atom is -0.726 e. The minimum absolute atomic E-state index is 0. The van der Waals surface area contributed by atoms with Crippen LogP contribution in [-0.2, 0) is 24.1 Å². The number of methoxy groups -OCH3 is 1. The van der Waals surface area contributed by atoms with Crippen LogP contribution in [0.4, 0.5) is 0 Å². The van der Waals surface area contributed by atoms with Crippen molar-refractivity contribution < 1.29 is 56.2 Å². The van der Waals surface area contributed by atoms with E-state index in [9.17, 15) is 17.8 Å². The van der Waals surface area contributed by atoms with E-state index in [1.807, 2.05) is 0 Å². The number of carbonyl (C=O) groups excluding carboxylic acids is 1. The predicted molar refractivity (Wildman–Crippen MR) is 32.3 cm³/mol. The summed E-state index contributed by atoms with van der Waals surface area (Å²) in [6.45, 7) is -0.474. The standard InChI is InChI=1S/C4H8O6S.Na/c1-9-4(5)2-3-10-11(6,7)8;/h2-3H2,1H3,(H,6,7,8);/q;+1/p-1. The van der Waals surface area contributed by atoms with Crippen LogP contribution in [0.5, 0.6) is 0 Å². The molecule has 0 unspecified atom stereocenters. The Hall–Kier alpha value is 0.340. The molecule has 0 radical (unpaired) electrons. The maximum absolute atomic E-state index is 10.3. The average Bonchev–Trinajstić information content (AvgIpc) is 1.85.